The predicted octanol–water partition coefficient (Wildman–Crippen LogP) is 4.05. The Bertz CT molecular complexity index is 1080. The number of halogens is 6. The van der Waals surface area contributed by atoms with Gasteiger partial charge in [0, 0.05) is 12.6 Å². The molecule has 2 aromatic rings. The highest BCUT2D eigenvalue weighted by Crippen LogP contribution is 2.44. The van der Waals surface area contributed by atoms with E-state index in [1.165, 1.54) is 4.90 Å². The topological polar surface area (TPSA) is 118 Å². The molecule has 3 heterocycles. The van der Waals surface area contributed by atoms with Crippen LogP contribution < -0.4 is 5.73 Å². The van der Waals surface area contributed by atoms with Crippen LogP contribution in [0.4, 0.5) is 32.0 Å². The van der Waals surface area contributed by atoms with Gasteiger partial charge < -0.3 is 20.2 Å². The molecule has 1 aliphatic carbocycles. The number of carbonyl (C=O) groups is 1. The lowest BCUT2D eigenvalue weighted by atomic mass is 9.90. The first-order valence-corrected chi connectivity index (χ1v) is 10.6. The fourth-order valence-corrected chi connectivity index (χ4v) is 4.06. The first kappa shape index (κ1) is 24.2. The Hall–Kier alpha value is -2.90. The summed E-state index contributed by atoms with van der Waals surface area (Å²) >= 11 is 0. The summed E-state index contributed by atoms with van der Waals surface area (Å²) < 4.78 is 87.5. The summed E-state index contributed by atoms with van der Waals surface area (Å²) in [4.78, 5) is 18.3. The molecule has 8 nitrogen and oxygen atoms in total. The van der Waals surface area contributed by atoms with Gasteiger partial charge in [0.1, 0.15) is 5.69 Å². The van der Waals surface area contributed by atoms with Crippen LogP contribution in [0.25, 0.3) is 11.6 Å². The van der Waals surface area contributed by atoms with Gasteiger partial charge in [-0.15, -0.1) is 10.2 Å². The van der Waals surface area contributed by atoms with Gasteiger partial charge in [-0.2, -0.15) is 26.3 Å². The minimum absolute atomic E-state index is 0.0328. The second kappa shape index (κ2) is 8.40. The molecule has 1 amide bonds. The molecule has 1 saturated carbocycles. The molecule has 1 atom stereocenters. The van der Waals surface area contributed by atoms with Gasteiger partial charge in [0.25, 0.3) is 17.7 Å². The van der Waals surface area contributed by atoms with Crippen LogP contribution in [-0.2, 0) is 11.8 Å². The Morgan fingerprint density at radius 3 is 2.35 bits per heavy atom. The van der Waals surface area contributed by atoms with E-state index in [0.29, 0.717) is 18.9 Å². The molecule has 4 bridgehead atoms. The molecule has 14 heteroatoms. The third kappa shape index (κ3) is 4.18. The van der Waals surface area contributed by atoms with E-state index in [1.807, 2.05) is 0 Å². The van der Waals surface area contributed by atoms with Gasteiger partial charge in [-0.3, -0.25) is 4.79 Å². The molecule has 0 spiro atoms. The summed E-state index contributed by atoms with van der Waals surface area (Å²) in [6, 6.07) is 0.173. The number of carbonyl (C=O) groups excluding carboxylic acids is 1. The molecule has 2 aliphatic rings. The molecule has 2 aromatic heterocycles. The lowest BCUT2D eigenvalue weighted by molar-refractivity contribution is -0.277. The first-order valence-electron chi connectivity index (χ1n) is 10.6. The number of rotatable bonds is 1. The fourth-order valence-electron chi connectivity index (χ4n) is 4.06. The minimum Gasteiger partial charge on any atom is -0.416 e. The van der Waals surface area contributed by atoms with Crippen LogP contribution in [0, 0.1) is 0 Å². The molecule has 0 saturated heterocycles. The van der Waals surface area contributed by atoms with Crippen molar-refractivity contribution in [2.75, 3.05) is 12.3 Å². The van der Waals surface area contributed by atoms with Crippen molar-refractivity contribution >= 4 is 11.6 Å². The van der Waals surface area contributed by atoms with Gasteiger partial charge in [0.2, 0.25) is 5.60 Å². The zero-order valence-corrected chi connectivity index (χ0v) is 17.7. The Labute approximate surface area is 189 Å². The van der Waals surface area contributed by atoms with Crippen molar-refractivity contribution < 1.29 is 40.7 Å². The molecule has 4 rings (SSSR count). The predicted molar refractivity (Wildman–Crippen MR) is 104 cm³/mol. The largest absolute Gasteiger partial charge is 0.426 e. The van der Waals surface area contributed by atoms with Crippen LogP contribution in [0.15, 0.2) is 10.5 Å². The van der Waals surface area contributed by atoms with Crippen LogP contribution in [-0.4, -0.2) is 49.9 Å². The highest BCUT2D eigenvalue weighted by Gasteiger charge is 2.58. The Balaban J connectivity index is 1.89. The maximum Gasteiger partial charge on any atom is 0.426 e. The Morgan fingerprint density at radius 1 is 1.06 bits per heavy atom. The molecule has 1 aliphatic heterocycles. The van der Waals surface area contributed by atoms with E-state index in [0.717, 1.165) is 6.42 Å². The zero-order chi connectivity index (χ0) is 24.9. The molecule has 0 aromatic carbocycles. The van der Waals surface area contributed by atoms with E-state index >= 15 is 0 Å². The third-order valence-corrected chi connectivity index (χ3v) is 6.22. The number of aromatic nitrogens is 3. The fraction of sp³-hybridized carbons (Fsp3) is 0.600. The summed E-state index contributed by atoms with van der Waals surface area (Å²) in [5, 5.41) is 17.1. The number of hydrogen-bond acceptors (Lipinski definition) is 7. The maximum absolute atomic E-state index is 13.8. The summed E-state index contributed by atoms with van der Waals surface area (Å²) in [5.74, 6) is -2.88. The number of anilines is 1. The summed E-state index contributed by atoms with van der Waals surface area (Å²) in [5.41, 5.74) is -1.30. The number of hydrogen-bond donors (Lipinski definition) is 2. The van der Waals surface area contributed by atoms with Gasteiger partial charge in [0.05, 0.1) is 11.3 Å². The summed E-state index contributed by atoms with van der Waals surface area (Å²) in [6.45, 7) is 0.0328. The van der Waals surface area contributed by atoms with Crippen LogP contribution in [0.2, 0.25) is 0 Å². The van der Waals surface area contributed by atoms with Crippen molar-refractivity contribution in [1.82, 2.24) is 20.1 Å². The summed E-state index contributed by atoms with van der Waals surface area (Å²) in [6.07, 6.45) is -8.66. The molecule has 1 unspecified atom stereocenters. The van der Waals surface area contributed by atoms with Crippen LogP contribution in [0.3, 0.4) is 0 Å². The third-order valence-electron chi connectivity index (χ3n) is 6.22. The van der Waals surface area contributed by atoms with Crippen LogP contribution >= 0.6 is 0 Å². The van der Waals surface area contributed by atoms with Crippen molar-refractivity contribution in [3.63, 3.8) is 0 Å². The monoisotopic (exact) mass is 493 g/mol. The summed E-state index contributed by atoms with van der Waals surface area (Å²) in [7, 11) is 0. The second-order valence-electron chi connectivity index (χ2n) is 8.48. The average Bonchev–Trinajstić information content (AvgIpc) is 3.18. The van der Waals surface area contributed by atoms with E-state index in [2.05, 4.69) is 15.2 Å². The number of nitrogens with two attached hydrogens (primary N) is 1. The first-order chi connectivity index (χ1) is 15.8. The number of amides is 1. The van der Waals surface area contributed by atoms with Crippen LogP contribution in [0.1, 0.15) is 66.9 Å². The SMILES string of the molecule is Nc1cc(C(F)(F)F)c2nc1-c1nnc(o1)C(O)(C(F)(F)F)CCCCCN(C1CCC1)C2=O. The molecular formula is C20H21F6N5O3. The molecule has 0 radical (unpaired) electrons. The molecule has 1 fully saturated rings. The van der Waals surface area contributed by atoms with E-state index in [-0.39, 0.29) is 31.8 Å². The average molecular weight is 493 g/mol. The van der Waals surface area contributed by atoms with Crippen molar-refractivity contribution in [2.24, 2.45) is 0 Å². The van der Waals surface area contributed by atoms with Gasteiger partial charge in [-0.05, 0) is 44.6 Å². The highest BCUT2D eigenvalue weighted by atomic mass is 19.4. The highest BCUT2D eigenvalue weighted by molar-refractivity contribution is 5.95. The molecule has 34 heavy (non-hydrogen) atoms. The van der Waals surface area contributed by atoms with E-state index in [4.69, 9.17) is 10.2 Å². The van der Waals surface area contributed by atoms with Gasteiger partial charge >= 0.3 is 12.4 Å². The maximum atomic E-state index is 13.8. The van der Waals surface area contributed by atoms with Crippen molar-refractivity contribution in [2.45, 2.75) is 68.9 Å². The quantitative estimate of drug-likeness (QED) is 0.576. The van der Waals surface area contributed by atoms with Gasteiger partial charge in [0.15, 0.2) is 5.69 Å². The smallest absolute Gasteiger partial charge is 0.416 e. The Kier molecular flexibility index (Phi) is 5.98. The lowest BCUT2D eigenvalue weighted by Crippen LogP contribution is -2.45. The number of pyridine rings is 1. The van der Waals surface area contributed by atoms with Crippen molar-refractivity contribution in [3.8, 4) is 11.6 Å². The van der Waals surface area contributed by atoms with Crippen LogP contribution in [0.5, 0.6) is 0 Å². The number of nitrogens with zero attached hydrogens (tertiary/aromatic N) is 4. The standard InChI is InChI=1S/C20H21F6N5O3/c21-19(22,23)11-9-12(27)14-15-29-30-17(34-15)18(33,20(24,25)26)7-2-1-3-8-31(10-5-4-6-10)16(32)13(11)28-14/h9-10,33H,1-8,27H2. The minimum atomic E-state index is -5.16. The van der Waals surface area contributed by atoms with E-state index in [9.17, 15) is 36.2 Å². The number of aliphatic hydroxyl groups is 1. The van der Waals surface area contributed by atoms with E-state index in [1.54, 1.807) is 0 Å². The van der Waals surface area contributed by atoms with Gasteiger partial charge in [-0.1, -0.05) is 6.42 Å². The second-order valence-corrected chi connectivity index (χ2v) is 8.48. The van der Waals surface area contributed by atoms with Crippen molar-refractivity contribution in [3.05, 3.63) is 23.2 Å². The van der Waals surface area contributed by atoms with Crippen molar-refractivity contribution in [1.29, 1.82) is 0 Å². The number of alkyl halides is 6. The molecule has 186 valence electrons. The number of fused-ring (bicyclic) bond motifs is 5. The normalized spacial score (nSPS) is 22.9. The number of nitrogen functional groups attached to an aromatic ring is 1. The molecular weight excluding hydrogens is 472 g/mol. The van der Waals surface area contributed by atoms with E-state index < -0.39 is 64.7 Å². The Morgan fingerprint density at radius 2 is 1.76 bits per heavy atom. The van der Waals surface area contributed by atoms with Gasteiger partial charge in [-0.25, -0.2) is 4.98 Å². The lowest BCUT2D eigenvalue weighted by Gasteiger charge is -2.38. The zero-order valence-electron chi connectivity index (χ0n) is 17.7. The molecule has 3 N–H and O–H groups in total.